The molecule has 0 spiro atoms. The Labute approximate surface area is 369 Å². The SMILES string of the molecule is CCCCCCCCCCCCCCC/C=C/C(O)C(COC1OC(CO)C(O)C(O)C1O)NC(=O)CCCCCCCCCCCCCCCCCCCCCCCC. The van der Waals surface area contributed by atoms with Crippen LogP contribution in [0.3, 0.4) is 0 Å². The van der Waals surface area contributed by atoms with Crippen LogP contribution < -0.4 is 5.32 Å². The van der Waals surface area contributed by atoms with Gasteiger partial charge in [0.1, 0.15) is 24.4 Å². The van der Waals surface area contributed by atoms with E-state index in [9.17, 15) is 30.3 Å². The summed E-state index contributed by atoms with van der Waals surface area (Å²) in [5, 5.41) is 54.3. The second-order valence-corrected chi connectivity index (χ2v) is 18.3. The van der Waals surface area contributed by atoms with E-state index in [0.717, 1.165) is 38.5 Å². The molecule has 0 aromatic heterocycles. The third kappa shape index (κ3) is 31.7. The fourth-order valence-corrected chi connectivity index (χ4v) is 8.45. The number of allylic oxidation sites excluding steroid dienone is 1. The monoisotopic (exact) mass is 854 g/mol. The summed E-state index contributed by atoms with van der Waals surface area (Å²) < 4.78 is 11.2. The third-order valence-corrected chi connectivity index (χ3v) is 12.6. The van der Waals surface area contributed by atoms with Crippen molar-refractivity contribution in [2.24, 2.45) is 0 Å². The normalized spacial score (nSPS) is 20.6. The van der Waals surface area contributed by atoms with Crippen LogP contribution in [-0.4, -0.2) is 87.5 Å². The summed E-state index contributed by atoms with van der Waals surface area (Å²) in [6.07, 6.45) is 42.6. The zero-order valence-corrected chi connectivity index (χ0v) is 39.2. The zero-order valence-electron chi connectivity index (χ0n) is 39.2. The first-order valence-corrected chi connectivity index (χ1v) is 25.9. The lowest BCUT2D eigenvalue weighted by Gasteiger charge is -2.40. The molecule has 7 unspecified atom stereocenters. The van der Waals surface area contributed by atoms with Crippen LogP contribution in [0.15, 0.2) is 12.2 Å². The Balaban J connectivity index is 2.25. The lowest BCUT2D eigenvalue weighted by Crippen LogP contribution is -2.60. The van der Waals surface area contributed by atoms with Crippen LogP contribution in [0.5, 0.6) is 0 Å². The first kappa shape index (κ1) is 56.9. The quantitative estimate of drug-likeness (QED) is 0.0262. The minimum Gasteiger partial charge on any atom is -0.394 e. The average Bonchev–Trinajstić information content (AvgIpc) is 3.25. The molecule has 1 rings (SSSR count). The van der Waals surface area contributed by atoms with Crippen LogP contribution in [-0.2, 0) is 14.3 Å². The van der Waals surface area contributed by atoms with Gasteiger partial charge in [-0.3, -0.25) is 4.79 Å². The van der Waals surface area contributed by atoms with Crippen LogP contribution in [0.4, 0.5) is 0 Å². The van der Waals surface area contributed by atoms with E-state index in [1.165, 1.54) is 193 Å². The van der Waals surface area contributed by atoms with Gasteiger partial charge in [-0.25, -0.2) is 0 Å². The van der Waals surface area contributed by atoms with Crippen molar-refractivity contribution in [1.29, 1.82) is 0 Å². The molecule has 6 N–H and O–H groups in total. The highest BCUT2D eigenvalue weighted by Gasteiger charge is 2.44. The van der Waals surface area contributed by atoms with E-state index in [4.69, 9.17) is 9.47 Å². The maximum absolute atomic E-state index is 13.0. The van der Waals surface area contributed by atoms with E-state index >= 15 is 0 Å². The van der Waals surface area contributed by atoms with Gasteiger partial charge in [0.25, 0.3) is 0 Å². The van der Waals surface area contributed by atoms with Gasteiger partial charge >= 0.3 is 0 Å². The topological polar surface area (TPSA) is 149 Å². The molecule has 0 aromatic carbocycles. The summed E-state index contributed by atoms with van der Waals surface area (Å²) in [6, 6.07) is -0.799. The number of carbonyl (C=O) groups is 1. The highest BCUT2D eigenvalue weighted by molar-refractivity contribution is 5.76. The van der Waals surface area contributed by atoms with Crippen molar-refractivity contribution in [3.8, 4) is 0 Å². The van der Waals surface area contributed by atoms with Crippen LogP contribution in [0.1, 0.15) is 251 Å². The van der Waals surface area contributed by atoms with Gasteiger partial charge in [-0.05, 0) is 19.3 Å². The number of aliphatic hydroxyl groups is 5. The third-order valence-electron chi connectivity index (χ3n) is 12.6. The number of amides is 1. The highest BCUT2D eigenvalue weighted by Crippen LogP contribution is 2.23. The lowest BCUT2D eigenvalue weighted by molar-refractivity contribution is -0.302. The molecule has 60 heavy (non-hydrogen) atoms. The van der Waals surface area contributed by atoms with Crippen molar-refractivity contribution in [3.63, 3.8) is 0 Å². The van der Waals surface area contributed by atoms with Crippen LogP contribution in [0, 0.1) is 0 Å². The molecular weight excluding hydrogens is 755 g/mol. The summed E-state index contributed by atoms with van der Waals surface area (Å²) in [5.74, 6) is -0.172. The molecule has 1 amide bonds. The van der Waals surface area contributed by atoms with Crippen molar-refractivity contribution in [2.45, 2.75) is 294 Å². The van der Waals surface area contributed by atoms with Crippen molar-refractivity contribution in [2.75, 3.05) is 13.2 Å². The van der Waals surface area contributed by atoms with Crippen LogP contribution in [0.2, 0.25) is 0 Å². The van der Waals surface area contributed by atoms with E-state index in [1.54, 1.807) is 6.08 Å². The number of hydrogen-bond donors (Lipinski definition) is 6. The average molecular weight is 854 g/mol. The van der Waals surface area contributed by atoms with Crippen molar-refractivity contribution >= 4 is 5.91 Å². The van der Waals surface area contributed by atoms with Gasteiger partial charge in [0.05, 0.1) is 25.4 Å². The van der Waals surface area contributed by atoms with E-state index in [2.05, 4.69) is 19.2 Å². The maximum Gasteiger partial charge on any atom is 0.220 e. The first-order valence-electron chi connectivity index (χ1n) is 25.9. The second-order valence-electron chi connectivity index (χ2n) is 18.3. The molecule has 1 fully saturated rings. The standard InChI is InChI=1S/C51H99NO8/c1-3-5-7-9-11-13-15-17-19-20-21-22-23-24-25-27-29-31-33-35-37-39-41-47(55)52-44(43-59-51-50(58)49(57)48(56)46(42-53)60-51)45(54)40-38-36-34-32-30-28-26-18-16-14-12-10-8-6-4-2/h38,40,44-46,48-51,53-54,56-58H,3-37,39,41-43H2,1-2H3,(H,52,55)/b40-38+. The number of rotatable bonds is 44. The van der Waals surface area contributed by atoms with E-state index in [0.29, 0.717) is 6.42 Å². The first-order chi connectivity index (χ1) is 29.3. The molecule has 0 aromatic rings. The molecule has 1 heterocycles. The summed E-state index contributed by atoms with van der Waals surface area (Å²) in [5.41, 5.74) is 0. The molecule has 356 valence electrons. The predicted molar refractivity (Wildman–Crippen MR) is 249 cm³/mol. The Morgan fingerprint density at radius 1 is 0.550 bits per heavy atom. The minimum atomic E-state index is -1.56. The Morgan fingerprint density at radius 3 is 1.30 bits per heavy atom. The van der Waals surface area contributed by atoms with Gasteiger partial charge in [-0.2, -0.15) is 0 Å². The molecule has 0 bridgehead atoms. The Kier molecular flexibility index (Phi) is 39.8. The number of unbranched alkanes of at least 4 members (excludes halogenated alkanes) is 34. The number of aliphatic hydroxyl groups excluding tert-OH is 5. The molecule has 1 saturated heterocycles. The lowest BCUT2D eigenvalue weighted by atomic mass is 9.99. The minimum absolute atomic E-state index is 0.172. The van der Waals surface area contributed by atoms with Gasteiger partial charge in [-0.1, -0.05) is 238 Å². The van der Waals surface area contributed by atoms with Crippen LogP contribution in [0.25, 0.3) is 0 Å². The van der Waals surface area contributed by atoms with Gasteiger partial charge < -0.3 is 40.3 Å². The number of hydrogen-bond acceptors (Lipinski definition) is 8. The molecule has 9 heteroatoms. The van der Waals surface area contributed by atoms with Gasteiger partial charge in [0.15, 0.2) is 6.29 Å². The molecule has 1 aliphatic heterocycles. The van der Waals surface area contributed by atoms with Gasteiger partial charge in [0.2, 0.25) is 5.91 Å². The molecule has 0 aliphatic carbocycles. The van der Waals surface area contributed by atoms with Crippen molar-refractivity contribution in [3.05, 3.63) is 12.2 Å². The van der Waals surface area contributed by atoms with Crippen molar-refractivity contribution < 1.29 is 39.8 Å². The largest absolute Gasteiger partial charge is 0.394 e. The Morgan fingerprint density at radius 2 is 0.917 bits per heavy atom. The smallest absolute Gasteiger partial charge is 0.220 e. The molecule has 0 saturated carbocycles. The number of carbonyl (C=O) groups excluding carboxylic acids is 1. The molecule has 9 nitrogen and oxygen atoms in total. The Bertz CT molecular complexity index is 950. The van der Waals surface area contributed by atoms with Gasteiger partial charge in [-0.15, -0.1) is 0 Å². The summed E-state index contributed by atoms with van der Waals surface area (Å²) in [6.45, 7) is 3.80. The highest BCUT2D eigenvalue weighted by atomic mass is 16.7. The van der Waals surface area contributed by atoms with E-state index in [1.807, 2.05) is 6.08 Å². The zero-order chi connectivity index (χ0) is 43.7. The predicted octanol–water partition coefficient (Wildman–Crippen LogP) is 11.7. The van der Waals surface area contributed by atoms with Crippen LogP contribution >= 0.6 is 0 Å². The fourth-order valence-electron chi connectivity index (χ4n) is 8.45. The molecule has 7 atom stereocenters. The maximum atomic E-state index is 13.0. The molecule has 1 aliphatic rings. The number of nitrogens with one attached hydrogen (secondary N) is 1. The second kappa shape index (κ2) is 41.9. The Hall–Kier alpha value is -1.07. The summed E-state index contributed by atoms with van der Waals surface area (Å²) in [7, 11) is 0. The van der Waals surface area contributed by atoms with E-state index < -0.39 is 49.5 Å². The van der Waals surface area contributed by atoms with Gasteiger partial charge in [0, 0.05) is 6.42 Å². The van der Waals surface area contributed by atoms with Crippen molar-refractivity contribution in [1.82, 2.24) is 5.32 Å². The number of ether oxygens (including phenoxy) is 2. The molecule has 0 radical (unpaired) electrons. The van der Waals surface area contributed by atoms with E-state index in [-0.39, 0.29) is 12.5 Å². The summed E-state index contributed by atoms with van der Waals surface area (Å²) in [4.78, 5) is 13.0. The summed E-state index contributed by atoms with van der Waals surface area (Å²) >= 11 is 0. The molecular formula is C51H99NO8. The fraction of sp³-hybridized carbons (Fsp3) is 0.941.